The maximum Gasteiger partial charge on any atom is 0.243 e. The second-order valence-corrected chi connectivity index (χ2v) is 9.96. The van der Waals surface area contributed by atoms with Gasteiger partial charge in [-0.3, -0.25) is 9.59 Å². The van der Waals surface area contributed by atoms with E-state index in [0.29, 0.717) is 35.1 Å². The van der Waals surface area contributed by atoms with E-state index in [4.69, 9.17) is 27.9 Å². The highest BCUT2D eigenvalue weighted by atomic mass is 35.5. The fourth-order valence-electron chi connectivity index (χ4n) is 3.42. The van der Waals surface area contributed by atoms with Crippen LogP contribution in [0.2, 0.25) is 10.0 Å². The van der Waals surface area contributed by atoms with E-state index in [2.05, 4.69) is 5.32 Å². The van der Waals surface area contributed by atoms with Gasteiger partial charge >= 0.3 is 0 Å². The normalized spacial score (nSPS) is 12.2. The molecule has 0 bridgehead atoms. The molecular formula is C26H34Cl2N2O3. The number of nitrogens with zero attached hydrogens (tertiary/aromatic N) is 1. The average molecular weight is 493 g/mol. The number of carbonyl (C=O) groups is 2. The van der Waals surface area contributed by atoms with Crippen molar-refractivity contribution in [1.82, 2.24) is 10.2 Å². The molecule has 1 N–H and O–H groups in total. The van der Waals surface area contributed by atoms with Gasteiger partial charge in [0.15, 0.2) is 0 Å². The fraction of sp³-hybridized carbons (Fsp3) is 0.462. The molecule has 0 saturated carbocycles. The molecule has 0 aliphatic carbocycles. The number of halogens is 2. The van der Waals surface area contributed by atoms with E-state index in [1.165, 1.54) is 0 Å². The van der Waals surface area contributed by atoms with Crippen LogP contribution in [-0.4, -0.2) is 34.9 Å². The predicted octanol–water partition coefficient (Wildman–Crippen LogP) is 6.18. The lowest BCUT2D eigenvalue weighted by atomic mass is 10.0. The monoisotopic (exact) mass is 492 g/mol. The molecule has 2 aromatic carbocycles. The molecule has 1 unspecified atom stereocenters. The van der Waals surface area contributed by atoms with Gasteiger partial charge in [0.2, 0.25) is 11.8 Å². The highest BCUT2D eigenvalue weighted by Gasteiger charge is 2.31. The number of aryl methyl sites for hydroxylation is 1. The van der Waals surface area contributed by atoms with Gasteiger partial charge in [-0.1, -0.05) is 53.9 Å². The summed E-state index contributed by atoms with van der Waals surface area (Å²) in [6, 6.07) is 12.4. The van der Waals surface area contributed by atoms with Crippen LogP contribution in [0.1, 0.15) is 58.1 Å². The minimum Gasteiger partial charge on any atom is -0.494 e. The van der Waals surface area contributed by atoms with Gasteiger partial charge in [0.25, 0.3) is 0 Å². The number of hydrogen-bond donors (Lipinski definition) is 1. The summed E-state index contributed by atoms with van der Waals surface area (Å²) >= 11 is 12.7. The number of benzene rings is 2. The molecule has 0 aliphatic heterocycles. The SMILES string of the molecule is CCC(C(=O)NC(C)(C)C)N(Cc1c(Cl)cccc1Cl)C(=O)CCCOc1ccc(C)cc1. The quantitative estimate of drug-likeness (QED) is 0.402. The lowest BCUT2D eigenvalue weighted by Gasteiger charge is -2.33. The Balaban J connectivity index is 2.14. The molecule has 2 aromatic rings. The number of carbonyl (C=O) groups excluding carboxylic acids is 2. The van der Waals surface area contributed by atoms with Crippen molar-refractivity contribution in [3.8, 4) is 5.75 Å². The summed E-state index contributed by atoms with van der Waals surface area (Å²) in [5.74, 6) is 0.426. The van der Waals surface area contributed by atoms with Crippen LogP contribution in [0, 0.1) is 6.92 Å². The third-order valence-electron chi connectivity index (χ3n) is 5.10. The molecule has 0 heterocycles. The van der Waals surface area contributed by atoms with Gasteiger partial charge in [-0.15, -0.1) is 0 Å². The molecule has 7 heteroatoms. The Labute approximate surface area is 207 Å². The van der Waals surface area contributed by atoms with Crippen LogP contribution in [0.5, 0.6) is 5.75 Å². The zero-order valence-corrected chi connectivity index (χ0v) is 21.6. The molecule has 0 aromatic heterocycles. The molecule has 0 radical (unpaired) electrons. The van der Waals surface area contributed by atoms with Crippen molar-refractivity contribution in [3.05, 3.63) is 63.6 Å². The lowest BCUT2D eigenvalue weighted by molar-refractivity contribution is -0.142. The number of hydrogen-bond acceptors (Lipinski definition) is 3. The largest absolute Gasteiger partial charge is 0.494 e. The van der Waals surface area contributed by atoms with Crippen LogP contribution in [-0.2, 0) is 16.1 Å². The number of ether oxygens (including phenoxy) is 1. The highest BCUT2D eigenvalue weighted by molar-refractivity contribution is 6.36. The van der Waals surface area contributed by atoms with Crippen LogP contribution in [0.25, 0.3) is 0 Å². The summed E-state index contributed by atoms with van der Waals surface area (Å²) in [5, 5.41) is 3.92. The maximum atomic E-state index is 13.3. The maximum absolute atomic E-state index is 13.3. The predicted molar refractivity (Wildman–Crippen MR) is 135 cm³/mol. The van der Waals surface area contributed by atoms with Crippen LogP contribution < -0.4 is 10.1 Å². The second kappa shape index (κ2) is 12.3. The molecule has 5 nitrogen and oxygen atoms in total. The van der Waals surface area contributed by atoms with E-state index in [0.717, 1.165) is 11.3 Å². The molecule has 0 aliphatic rings. The van der Waals surface area contributed by atoms with Crippen molar-refractivity contribution in [2.24, 2.45) is 0 Å². The lowest BCUT2D eigenvalue weighted by Crippen LogP contribution is -2.53. The van der Waals surface area contributed by atoms with Gasteiger partial charge in [-0.25, -0.2) is 0 Å². The van der Waals surface area contributed by atoms with Crippen molar-refractivity contribution in [3.63, 3.8) is 0 Å². The van der Waals surface area contributed by atoms with E-state index >= 15 is 0 Å². The van der Waals surface area contributed by atoms with Crippen molar-refractivity contribution in [2.75, 3.05) is 6.61 Å². The van der Waals surface area contributed by atoms with Gasteiger partial charge < -0.3 is 15.0 Å². The Kier molecular flexibility index (Phi) is 10.1. The first-order valence-corrected chi connectivity index (χ1v) is 12.0. The molecule has 0 spiro atoms. The van der Waals surface area contributed by atoms with Gasteiger partial charge in [-0.2, -0.15) is 0 Å². The molecule has 2 rings (SSSR count). The molecular weight excluding hydrogens is 459 g/mol. The Hall–Kier alpha value is -2.24. The Morgan fingerprint density at radius 3 is 2.21 bits per heavy atom. The molecule has 33 heavy (non-hydrogen) atoms. The summed E-state index contributed by atoms with van der Waals surface area (Å²) < 4.78 is 5.76. The van der Waals surface area contributed by atoms with E-state index in [9.17, 15) is 9.59 Å². The zero-order valence-electron chi connectivity index (χ0n) is 20.1. The van der Waals surface area contributed by atoms with Crippen molar-refractivity contribution in [1.29, 1.82) is 0 Å². The Morgan fingerprint density at radius 2 is 1.67 bits per heavy atom. The van der Waals surface area contributed by atoms with Crippen molar-refractivity contribution < 1.29 is 14.3 Å². The first-order chi connectivity index (χ1) is 15.5. The number of rotatable bonds is 10. The Morgan fingerprint density at radius 1 is 1.06 bits per heavy atom. The summed E-state index contributed by atoms with van der Waals surface area (Å²) in [7, 11) is 0. The third-order valence-corrected chi connectivity index (χ3v) is 5.81. The van der Waals surface area contributed by atoms with Crippen LogP contribution >= 0.6 is 23.2 Å². The van der Waals surface area contributed by atoms with Crippen molar-refractivity contribution in [2.45, 2.75) is 72.0 Å². The van der Waals surface area contributed by atoms with Gasteiger partial charge in [0, 0.05) is 34.1 Å². The first kappa shape index (κ1) is 27.0. The van der Waals surface area contributed by atoms with E-state index in [1.807, 2.05) is 58.9 Å². The standard InChI is InChI=1S/C26H34Cl2N2O3/c1-6-23(25(32)29-26(3,4)5)30(17-20-21(27)9-7-10-22(20)28)24(31)11-8-16-33-19-14-12-18(2)13-15-19/h7,9-10,12-15,23H,6,8,11,16-17H2,1-5H3,(H,29,32). The summed E-state index contributed by atoms with van der Waals surface area (Å²) in [6.07, 6.45) is 1.24. The van der Waals surface area contributed by atoms with E-state index < -0.39 is 11.6 Å². The first-order valence-electron chi connectivity index (χ1n) is 11.3. The Bertz CT molecular complexity index is 919. The molecule has 0 saturated heterocycles. The zero-order chi connectivity index (χ0) is 24.6. The van der Waals surface area contributed by atoms with Gasteiger partial charge in [-0.05, 0) is 64.8 Å². The second-order valence-electron chi connectivity index (χ2n) is 9.15. The number of nitrogens with one attached hydrogen (secondary N) is 1. The topological polar surface area (TPSA) is 58.6 Å². The van der Waals surface area contributed by atoms with Gasteiger partial charge in [0.1, 0.15) is 11.8 Å². The number of amides is 2. The van der Waals surface area contributed by atoms with E-state index in [1.54, 1.807) is 23.1 Å². The van der Waals surface area contributed by atoms with Crippen molar-refractivity contribution >= 4 is 35.0 Å². The fourth-order valence-corrected chi connectivity index (χ4v) is 3.93. The van der Waals surface area contributed by atoms with Crippen LogP contribution in [0.4, 0.5) is 0 Å². The molecule has 2 amide bonds. The molecule has 0 fully saturated rings. The summed E-state index contributed by atoms with van der Waals surface area (Å²) in [4.78, 5) is 27.9. The highest BCUT2D eigenvalue weighted by Crippen LogP contribution is 2.27. The molecule has 180 valence electrons. The molecule has 1 atom stereocenters. The smallest absolute Gasteiger partial charge is 0.243 e. The van der Waals surface area contributed by atoms with Crippen LogP contribution in [0.15, 0.2) is 42.5 Å². The summed E-state index contributed by atoms with van der Waals surface area (Å²) in [5.41, 5.74) is 1.38. The third kappa shape index (κ3) is 8.56. The van der Waals surface area contributed by atoms with Crippen LogP contribution in [0.3, 0.4) is 0 Å². The van der Waals surface area contributed by atoms with Gasteiger partial charge in [0.05, 0.1) is 6.61 Å². The minimum absolute atomic E-state index is 0.144. The van der Waals surface area contributed by atoms with E-state index in [-0.39, 0.29) is 24.8 Å². The summed E-state index contributed by atoms with van der Waals surface area (Å²) in [6.45, 7) is 10.2. The minimum atomic E-state index is -0.637. The average Bonchev–Trinajstić information content (AvgIpc) is 2.73.